The molecule has 0 heterocycles. The van der Waals surface area contributed by atoms with Gasteiger partial charge in [-0.2, -0.15) is 0 Å². The van der Waals surface area contributed by atoms with Crippen molar-refractivity contribution in [3.8, 4) is 0 Å². The van der Waals surface area contributed by atoms with Crippen molar-refractivity contribution in [1.82, 2.24) is 5.32 Å². The lowest BCUT2D eigenvalue weighted by atomic mass is 10.1. The van der Waals surface area contributed by atoms with Crippen LogP contribution in [0.15, 0.2) is 30.3 Å². The van der Waals surface area contributed by atoms with Crippen molar-refractivity contribution in [3.05, 3.63) is 35.9 Å². The smallest absolute Gasteiger partial charge is 0.0168 e. The molecule has 1 aromatic carbocycles. The minimum Gasteiger partial charge on any atom is -0.327 e. The maximum absolute atomic E-state index is 6.04. The van der Waals surface area contributed by atoms with Crippen LogP contribution < -0.4 is 11.1 Å². The maximum atomic E-state index is 6.04. The minimum absolute atomic E-state index is 0.297. The van der Waals surface area contributed by atoms with E-state index >= 15 is 0 Å². The van der Waals surface area contributed by atoms with Crippen molar-refractivity contribution in [2.45, 2.75) is 37.8 Å². The first kappa shape index (κ1) is 10.7. The molecule has 3 N–H and O–H groups in total. The van der Waals surface area contributed by atoms with Crippen LogP contribution in [-0.2, 0) is 6.42 Å². The fourth-order valence-corrected chi connectivity index (χ4v) is 1.70. The second kappa shape index (κ2) is 5.29. The average Bonchev–Trinajstić information content (AvgIpc) is 3.09. The van der Waals surface area contributed by atoms with Gasteiger partial charge in [0.1, 0.15) is 0 Å². The Bertz CT molecular complexity index is 280. The molecule has 0 radical (unpaired) electrons. The van der Waals surface area contributed by atoms with E-state index in [9.17, 15) is 0 Å². The molecule has 82 valence electrons. The third-order valence-electron chi connectivity index (χ3n) is 2.89. The molecule has 1 aromatic rings. The zero-order valence-electron chi connectivity index (χ0n) is 9.15. The van der Waals surface area contributed by atoms with E-state index in [1.165, 1.54) is 18.4 Å². The van der Waals surface area contributed by atoms with E-state index < -0.39 is 0 Å². The molecule has 0 aliphatic heterocycles. The number of benzene rings is 1. The molecule has 1 fully saturated rings. The van der Waals surface area contributed by atoms with Gasteiger partial charge in [-0.1, -0.05) is 30.3 Å². The summed E-state index contributed by atoms with van der Waals surface area (Å²) < 4.78 is 0. The van der Waals surface area contributed by atoms with Gasteiger partial charge in [0, 0.05) is 18.6 Å². The fraction of sp³-hybridized carbons (Fsp3) is 0.538. The van der Waals surface area contributed by atoms with Crippen molar-refractivity contribution in [2.75, 3.05) is 6.54 Å². The van der Waals surface area contributed by atoms with Crippen LogP contribution in [0.25, 0.3) is 0 Å². The van der Waals surface area contributed by atoms with E-state index in [4.69, 9.17) is 5.73 Å². The van der Waals surface area contributed by atoms with E-state index in [0.29, 0.717) is 6.04 Å². The lowest BCUT2D eigenvalue weighted by Gasteiger charge is -2.12. The monoisotopic (exact) mass is 204 g/mol. The second-order valence-electron chi connectivity index (χ2n) is 4.47. The number of aryl methyl sites for hydroxylation is 1. The lowest BCUT2D eigenvalue weighted by molar-refractivity contribution is 0.542. The molecule has 0 aromatic heterocycles. The summed E-state index contributed by atoms with van der Waals surface area (Å²) in [5.41, 5.74) is 7.42. The van der Waals surface area contributed by atoms with Crippen LogP contribution in [0, 0.1) is 0 Å². The van der Waals surface area contributed by atoms with Gasteiger partial charge < -0.3 is 11.1 Å². The van der Waals surface area contributed by atoms with Crippen molar-refractivity contribution in [1.29, 1.82) is 0 Å². The van der Waals surface area contributed by atoms with Crippen molar-refractivity contribution < 1.29 is 0 Å². The number of nitrogens with one attached hydrogen (secondary N) is 1. The van der Waals surface area contributed by atoms with Crippen LogP contribution in [0.2, 0.25) is 0 Å². The van der Waals surface area contributed by atoms with Gasteiger partial charge in [-0.15, -0.1) is 0 Å². The molecule has 0 spiro atoms. The van der Waals surface area contributed by atoms with E-state index in [0.717, 1.165) is 25.4 Å². The Hall–Kier alpha value is -0.860. The molecule has 1 unspecified atom stereocenters. The van der Waals surface area contributed by atoms with Gasteiger partial charge in [0.25, 0.3) is 0 Å². The lowest BCUT2D eigenvalue weighted by Crippen LogP contribution is -2.35. The van der Waals surface area contributed by atoms with Gasteiger partial charge in [-0.3, -0.25) is 0 Å². The predicted molar refractivity (Wildman–Crippen MR) is 63.8 cm³/mol. The predicted octanol–water partition coefficient (Wildman–Crippen LogP) is 1.70. The van der Waals surface area contributed by atoms with Crippen molar-refractivity contribution in [3.63, 3.8) is 0 Å². The first-order chi connectivity index (χ1) is 7.34. The third-order valence-corrected chi connectivity index (χ3v) is 2.89. The third kappa shape index (κ3) is 4.02. The zero-order valence-corrected chi connectivity index (χ0v) is 9.15. The second-order valence-corrected chi connectivity index (χ2v) is 4.47. The van der Waals surface area contributed by atoms with E-state index in [-0.39, 0.29) is 0 Å². The Morgan fingerprint density at radius 2 is 2.00 bits per heavy atom. The van der Waals surface area contributed by atoms with Crippen LogP contribution >= 0.6 is 0 Å². The normalized spacial score (nSPS) is 17.7. The van der Waals surface area contributed by atoms with Crippen molar-refractivity contribution in [2.24, 2.45) is 5.73 Å². The highest BCUT2D eigenvalue weighted by atomic mass is 15.0. The van der Waals surface area contributed by atoms with Gasteiger partial charge in [0.15, 0.2) is 0 Å². The van der Waals surface area contributed by atoms with E-state index in [2.05, 4.69) is 35.6 Å². The summed E-state index contributed by atoms with van der Waals surface area (Å²) in [6, 6.07) is 11.6. The Morgan fingerprint density at radius 3 is 2.67 bits per heavy atom. The van der Waals surface area contributed by atoms with Gasteiger partial charge in [-0.05, 0) is 31.2 Å². The summed E-state index contributed by atoms with van der Waals surface area (Å²) in [6.07, 6.45) is 4.84. The molecule has 15 heavy (non-hydrogen) atoms. The Morgan fingerprint density at radius 1 is 1.27 bits per heavy atom. The number of hydrogen-bond acceptors (Lipinski definition) is 2. The quantitative estimate of drug-likeness (QED) is 0.740. The molecule has 2 rings (SSSR count). The van der Waals surface area contributed by atoms with Crippen LogP contribution in [0.4, 0.5) is 0 Å². The molecule has 0 amide bonds. The summed E-state index contributed by atoms with van der Waals surface area (Å²) in [5.74, 6) is 0. The van der Waals surface area contributed by atoms with Gasteiger partial charge >= 0.3 is 0 Å². The molecule has 0 bridgehead atoms. The first-order valence-corrected chi connectivity index (χ1v) is 5.87. The largest absolute Gasteiger partial charge is 0.327 e. The first-order valence-electron chi connectivity index (χ1n) is 5.87. The van der Waals surface area contributed by atoms with Crippen LogP contribution in [0.3, 0.4) is 0 Å². The maximum Gasteiger partial charge on any atom is 0.0168 e. The molecule has 2 nitrogen and oxygen atoms in total. The molecular weight excluding hydrogens is 184 g/mol. The number of rotatable bonds is 6. The molecule has 1 aliphatic rings. The van der Waals surface area contributed by atoms with E-state index in [1.807, 2.05) is 0 Å². The highest BCUT2D eigenvalue weighted by Gasteiger charge is 2.20. The summed E-state index contributed by atoms with van der Waals surface area (Å²) >= 11 is 0. The molecular formula is C13H20N2. The molecule has 2 heteroatoms. The SMILES string of the molecule is NC(CCc1ccccc1)CNC1CC1. The zero-order chi connectivity index (χ0) is 10.5. The summed E-state index contributed by atoms with van der Waals surface area (Å²) in [4.78, 5) is 0. The summed E-state index contributed by atoms with van der Waals surface area (Å²) in [6.45, 7) is 0.970. The summed E-state index contributed by atoms with van der Waals surface area (Å²) in [5, 5.41) is 3.47. The number of nitrogens with two attached hydrogens (primary N) is 1. The van der Waals surface area contributed by atoms with Gasteiger partial charge in [-0.25, -0.2) is 0 Å². The Kier molecular flexibility index (Phi) is 3.75. The van der Waals surface area contributed by atoms with Gasteiger partial charge in [0.2, 0.25) is 0 Å². The topological polar surface area (TPSA) is 38.0 Å². The van der Waals surface area contributed by atoms with Crippen LogP contribution in [0.1, 0.15) is 24.8 Å². The average molecular weight is 204 g/mol. The van der Waals surface area contributed by atoms with Crippen LogP contribution in [-0.4, -0.2) is 18.6 Å². The highest BCUT2D eigenvalue weighted by molar-refractivity contribution is 5.14. The standard InChI is InChI=1S/C13H20N2/c14-12(10-15-13-8-9-13)7-6-11-4-2-1-3-5-11/h1-5,12-13,15H,6-10,14H2. The number of hydrogen-bond donors (Lipinski definition) is 2. The molecule has 1 aliphatic carbocycles. The van der Waals surface area contributed by atoms with Crippen molar-refractivity contribution >= 4 is 0 Å². The van der Waals surface area contributed by atoms with E-state index in [1.54, 1.807) is 0 Å². The van der Waals surface area contributed by atoms with Crippen LogP contribution in [0.5, 0.6) is 0 Å². The summed E-state index contributed by atoms with van der Waals surface area (Å²) in [7, 11) is 0. The molecule has 0 saturated heterocycles. The minimum atomic E-state index is 0.297. The Balaban J connectivity index is 1.63. The van der Waals surface area contributed by atoms with Gasteiger partial charge in [0.05, 0.1) is 0 Å². The highest BCUT2D eigenvalue weighted by Crippen LogP contribution is 2.18. The fourth-order valence-electron chi connectivity index (χ4n) is 1.70. The Labute approximate surface area is 91.9 Å². The molecule has 1 saturated carbocycles. The molecule has 1 atom stereocenters.